The van der Waals surface area contributed by atoms with E-state index in [1.807, 2.05) is 11.3 Å². The normalized spacial score (nSPS) is 11.9. The van der Waals surface area contributed by atoms with Crippen molar-refractivity contribution >= 4 is 75.9 Å². The minimum Gasteiger partial charge on any atom is -0.309 e. The summed E-state index contributed by atoms with van der Waals surface area (Å²) in [6.07, 6.45) is 0. The van der Waals surface area contributed by atoms with Gasteiger partial charge in [0.05, 0.1) is 16.7 Å². The van der Waals surface area contributed by atoms with Gasteiger partial charge >= 0.3 is 0 Å². The summed E-state index contributed by atoms with van der Waals surface area (Å²) in [6.45, 7) is 0. The van der Waals surface area contributed by atoms with Crippen molar-refractivity contribution < 1.29 is 0 Å². The topological polar surface area (TPSA) is 4.93 Å². The van der Waals surface area contributed by atoms with Gasteiger partial charge in [-0.25, -0.2) is 0 Å². The van der Waals surface area contributed by atoms with E-state index in [-0.39, 0.29) is 0 Å². The minimum atomic E-state index is 1.26. The van der Waals surface area contributed by atoms with Gasteiger partial charge in [0.25, 0.3) is 0 Å². The Bertz CT molecular complexity index is 1490. The van der Waals surface area contributed by atoms with Crippen LogP contribution in [0.2, 0.25) is 0 Å². The molecule has 0 fully saturated rings. The molecule has 1 nitrogen and oxygen atoms in total. The predicted molar refractivity (Wildman–Crippen MR) is 126 cm³/mol. The standard InChI is InChI=1S/C24H14INS/c25-15-12-13-20-18(14-15)16-6-1-3-8-19(16)26(20)21-9-5-11-23-24(21)17-7-2-4-10-22(17)27-23/h1-14H. The second-order valence-corrected chi connectivity index (χ2v) is 9.09. The number of hydrogen-bond acceptors (Lipinski definition) is 1. The Hall–Kier alpha value is -2.37. The van der Waals surface area contributed by atoms with Crippen LogP contribution in [0.3, 0.4) is 0 Å². The van der Waals surface area contributed by atoms with Crippen molar-refractivity contribution in [2.45, 2.75) is 0 Å². The summed E-state index contributed by atoms with van der Waals surface area (Å²) in [5, 5.41) is 5.31. The first-order valence-corrected chi connectivity index (χ1v) is 10.8. The molecule has 27 heavy (non-hydrogen) atoms. The van der Waals surface area contributed by atoms with E-state index in [4.69, 9.17) is 0 Å². The van der Waals surface area contributed by atoms with E-state index in [1.54, 1.807) is 0 Å². The van der Waals surface area contributed by atoms with Gasteiger partial charge in [0, 0.05) is 34.5 Å². The highest BCUT2D eigenvalue weighted by Crippen LogP contribution is 2.40. The number of hydrogen-bond donors (Lipinski definition) is 0. The second kappa shape index (κ2) is 5.81. The van der Waals surface area contributed by atoms with Crippen LogP contribution in [-0.4, -0.2) is 4.57 Å². The molecular weight excluding hydrogens is 461 g/mol. The summed E-state index contributed by atoms with van der Waals surface area (Å²) in [5.41, 5.74) is 3.79. The predicted octanol–water partition coefficient (Wildman–Crippen LogP) is 7.76. The number of fused-ring (bicyclic) bond motifs is 6. The van der Waals surface area contributed by atoms with Crippen molar-refractivity contribution in [2.24, 2.45) is 0 Å². The second-order valence-electron chi connectivity index (χ2n) is 6.76. The van der Waals surface area contributed by atoms with Crippen LogP contribution in [0.5, 0.6) is 0 Å². The summed E-state index contributed by atoms with van der Waals surface area (Å²) in [4.78, 5) is 0. The molecule has 0 radical (unpaired) electrons. The lowest BCUT2D eigenvalue weighted by Gasteiger charge is -2.10. The Morgan fingerprint density at radius 3 is 2.30 bits per heavy atom. The molecule has 0 aliphatic carbocycles. The van der Waals surface area contributed by atoms with Crippen LogP contribution >= 0.6 is 33.9 Å². The Morgan fingerprint density at radius 2 is 1.37 bits per heavy atom. The van der Waals surface area contributed by atoms with Crippen LogP contribution in [-0.2, 0) is 0 Å². The van der Waals surface area contributed by atoms with E-state index in [0.29, 0.717) is 0 Å². The van der Waals surface area contributed by atoms with Gasteiger partial charge in [0.1, 0.15) is 0 Å². The first kappa shape index (κ1) is 15.7. The molecular formula is C24H14INS. The highest BCUT2D eigenvalue weighted by Gasteiger charge is 2.16. The average Bonchev–Trinajstić information content (AvgIpc) is 3.23. The lowest BCUT2D eigenvalue weighted by Crippen LogP contribution is -1.94. The summed E-state index contributed by atoms with van der Waals surface area (Å²) in [7, 11) is 0. The Labute approximate surface area is 174 Å². The number of aromatic nitrogens is 1. The molecule has 128 valence electrons. The molecule has 3 heteroatoms. The maximum Gasteiger partial charge on any atom is 0.0555 e. The van der Waals surface area contributed by atoms with E-state index in [9.17, 15) is 0 Å². The first-order chi connectivity index (χ1) is 13.3. The van der Waals surface area contributed by atoms with Gasteiger partial charge < -0.3 is 4.57 Å². The Balaban J connectivity index is 1.86. The van der Waals surface area contributed by atoms with Crippen molar-refractivity contribution in [1.29, 1.82) is 0 Å². The maximum atomic E-state index is 2.43. The minimum absolute atomic E-state index is 1.26. The lowest BCUT2D eigenvalue weighted by molar-refractivity contribution is 1.20. The number of nitrogens with zero attached hydrogens (tertiary/aromatic N) is 1. The summed E-state index contributed by atoms with van der Waals surface area (Å²) >= 11 is 4.27. The summed E-state index contributed by atoms with van der Waals surface area (Å²) < 4.78 is 6.38. The molecule has 0 amide bonds. The van der Waals surface area contributed by atoms with Crippen LogP contribution in [0.4, 0.5) is 0 Å². The van der Waals surface area contributed by atoms with E-state index < -0.39 is 0 Å². The fourth-order valence-electron chi connectivity index (χ4n) is 4.15. The van der Waals surface area contributed by atoms with Crippen molar-refractivity contribution in [3.05, 3.63) is 88.5 Å². The number of benzene rings is 4. The van der Waals surface area contributed by atoms with Crippen LogP contribution in [0.25, 0.3) is 47.7 Å². The molecule has 0 saturated carbocycles. The quantitative estimate of drug-likeness (QED) is 0.214. The van der Waals surface area contributed by atoms with Crippen LogP contribution in [0.15, 0.2) is 84.9 Å². The molecule has 6 rings (SSSR count). The van der Waals surface area contributed by atoms with Crippen molar-refractivity contribution in [2.75, 3.05) is 0 Å². The van der Waals surface area contributed by atoms with E-state index in [2.05, 4.69) is 112 Å². The molecule has 2 heterocycles. The van der Waals surface area contributed by atoms with E-state index in [1.165, 1.54) is 51.2 Å². The molecule has 2 aromatic heterocycles. The molecule has 6 aromatic rings. The maximum absolute atomic E-state index is 2.43. The lowest BCUT2D eigenvalue weighted by atomic mass is 10.1. The molecule has 0 unspecified atom stereocenters. The van der Waals surface area contributed by atoms with Gasteiger partial charge in [-0.1, -0.05) is 42.5 Å². The molecule has 0 N–H and O–H groups in total. The van der Waals surface area contributed by atoms with Gasteiger partial charge in [-0.3, -0.25) is 0 Å². The average molecular weight is 475 g/mol. The highest BCUT2D eigenvalue weighted by molar-refractivity contribution is 14.1. The van der Waals surface area contributed by atoms with Gasteiger partial charge in [-0.15, -0.1) is 11.3 Å². The van der Waals surface area contributed by atoms with Crippen LogP contribution in [0, 0.1) is 3.57 Å². The number of halogens is 1. The van der Waals surface area contributed by atoms with Crippen LogP contribution < -0.4 is 0 Å². The molecule has 4 aromatic carbocycles. The summed E-state index contributed by atoms with van der Waals surface area (Å²) in [6, 6.07) is 30.9. The zero-order chi connectivity index (χ0) is 18.0. The SMILES string of the molecule is Ic1ccc2c(c1)c1ccccc1n2-c1cccc2sc3ccccc3c12. The van der Waals surface area contributed by atoms with Gasteiger partial charge in [-0.2, -0.15) is 0 Å². The fraction of sp³-hybridized carbons (Fsp3) is 0. The summed E-state index contributed by atoms with van der Waals surface area (Å²) in [5.74, 6) is 0. The third kappa shape index (κ3) is 2.22. The van der Waals surface area contributed by atoms with Crippen molar-refractivity contribution in [3.8, 4) is 5.69 Å². The van der Waals surface area contributed by atoms with Gasteiger partial charge in [-0.05, 0) is 65.1 Å². The van der Waals surface area contributed by atoms with Crippen LogP contribution in [0.1, 0.15) is 0 Å². The zero-order valence-electron chi connectivity index (χ0n) is 14.3. The molecule has 0 spiro atoms. The van der Waals surface area contributed by atoms with E-state index >= 15 is 0 Å². The Morgan fingerprint density at radius 1 is 0.630 bits per heavy atom. The molecule has 0 aliphatic rings. The molecule has 0 saturated heterocycles. The number of para-hydroxylation sites is 1. The third-order valence-electron chi connectivity index (χ3n) is 5.26. The number of thiophene rings is 1. The van der Waals surface area contributed by atoms with Crippen molar-refractivity contribution in [3.63, 3.8) is 0 Å². The highest BCUT2D eigenvalue weighted by atomic mass is 127. The largest absolute Gasteiger partial charge is 0.309 e. The fourth-order valence-corrected chi connectivity index (χ4v) is 5.76. The third-order valence-corrected chi connectivity index (χ3v) is 7.06. The zero-order valence-corrected chi connectivity index (χ0v) is 17.3. The monoisotopic (exact) mass is 475 g/mol. The Kier molecular flexibility index (Phi) is 3.37. The number of rotatable bonds is 1. The molecule has 0 atom stereocenters. The van der Waals surface area contributed by atoms with E-state index in [0.717, 1.165) is 0 Å². The first-order valence-electron chi connectivity index (χ1n) is 8.90. The van der Waals surface area contributed by atoms with Gasteiger partial charge in [0.2, 0.25) is 0 Å². The van der Waals surface area contributed by atoms with Gasteiger partial charge in [0.15, 0.2) is 0 Å². The van der Waals surface area contributed by atoms with Crippen molar-refractivity contribution in [1.82, 2.24) is 4.57 Å². The molecule has 0 aliphatic heterocycles. The smallest absolute Gasteiger partial charge is 0.0555 e. The molecule has 0 bridgehead atoms.